The quantitative estimate of drug-likeness (QED) is 0.157. The molecule has 0 aromatic heterocycles. The maximum Gasteiger partial charge on any atom is 0.0727 e. The first-order valence-electron chi connectivity index (χ1n) is 13.8. The molecule has 1 heterocycles. The fourth-order valence-electron chi connectivity index (χ4n) is 5.65. The summed E-state index contributed by atoms with van der Waals surface area (Å²) in [5.74, 6) is 0. The Bertz CT molecular complexity index is 1400. The molecule has 0 saturated carbocycles. The molecule has 0 aliphatic carbocycles. The second kappa shape index (κ2) is 12.2. The van der Waals surface area contributed by atoms with Gasteiger partial charge < -0.3 is 0 Å². The first kappa shape index (κ1) is 25.3. The molecule has 0 spiro atoms. The minimum atomic E-state index is -0.715. The largest absolute Gasteiger partial charge is 0.282 e. The summed E-state index contributed by atoms with van der Waals surface area (Å²) in [6.45, 7) is 0. The third-order valence-corrected chi connectivity index (χ3v) is 10.0. The Morgan fingerprint density at radius 3 is 1.49 bits per heavy atom. The van der Waals surface area contributed by atoms with Crippen LogP contribution in [0.2, 0.25) is 0 Å². The summed E-state index contributed by atoms with van der Waals surface area (Å²) in [7, 11) is -0.715. The summed E-state index contributed by atoms with van der Waals surface area (Å²) in [4.78, 5) is 0. The second-order valence-corrected chi connectivity index (χ2v) is 12.2. The normalized spacial score (nSPS) is 17.5. The van der Waals surface area contributed by atoms with Crippen molar-refractivity contribution in [1.29, 1.82) is 0 Å². The van der Waals surface area contributed by atoms with Crippen LogP contribution in [0, 0.1) is 0 Å². The first-order chi connectivity index (χ1) is 19.4. The van der Waals surface area contributed by atoms with Crippen LogP contribution in [0.25, 0.3) is 0 Å². The maximum absolute atomic E-state index is 5.32. The molecule has 0 amide bonds. The lowest BCUT2D eigenvalue weighted by Crippen LogP contribution is -2.33. The van der Waals surface area contributed by atoms with Gasteiger partial charge in [0.2, 0.25) is 0 Å². The SMILES string of the molecule is C(=N\N1[C@H](c2ccccc2)CCC[C@H]1c1ccccc1)/c1ccccc1P(c1ccccc1)c1ccccc1. The Kier molecular flexibility index (Phi) is 7.94. The van der Waals surface area contributed by atoms with Crippen molar-refractivity contribution >= 4 is 30.0 Å². The fraction of sp³-hybridized carbons (Fsp3) is 0.139. The molecule has 39 heavy (non-hydrogen) atoms. The molecule has 6 rings (SSSR count). The Balaban J connectivity index is 1.42. The van der Waals surface area contributed by atoms with Crippen LogP contribution >= 0.6 is 7.92 Å². The average molecular weight is 525 g/mol. The predicted octanol–water partition coefficient (Wildman–Crippen LogP) is 7.75. The number of hydrogen-bond donors (Lipinski definition) is 0. The summed E-state index contributed by atoms with van der Waals surface area (Å²) >= 11 is 0. The van der Waals surface area contributed by atoms with Crippen molar-refractivity contribution in [2.75, 3.05) is 0 Å². The van der Waals surface area contributed by atoms with Gasteiger partial charge in [-0.05, 0) is 54.2 Å². The zero-order valence-electron chi connectivity index (χ0n) is 22.1. The monoisotopic (exact) mass is 524 g/mol. The van der Waals surface area contributed by atoms with Gasteiger partial charge >= 0.3 is 0 Å². The van der Waals surface area contributed by atoms with E-state index in [0.29, 0.717) is 0 Å². The van der Waals surface area contributed by atoms with Gasteiger partial charge in [-0.25, -0.2) is 0 Å². The molecular weight excluding hydrogens is 491 g/mol. The Labute approximate surface area is 233 Å². The zero-order chi connectivity index (χ0) is 26.3. The molecule has 1 aliphatic heterocycles. The number of piperidine rings is 1. The van der Waals surface area contributed by atoms with Crippen LogP contribution in [0.5, 0.6) is 0 Å². The molecule has 0 N–H and O–H groups in total. The topological polar surface area (TPSA) is 15.6 Å². The lowest BCUT2D eigenvalue weighted by Gasteiger charge is -2.41. The van der Waals surface area contributed by atoms with Crippen LogP contribution in [-0.2, 0) is 0 Å². The molecule has 1 aliphatic rings. The van der Waals surface area contributed by atoms with Crippen molar-refractivity contribution in [1.82, 2.24) is 5.01 Å². The summed E-state index contributed by atoms with van der Waals surface area (Å²) in [5, 5.41) is 11.7. The fourth-order valence-corrected chi connectivity index (χ4v) is 8.07. The standard InChI is InChI=1S/C36H33N2P/c1-5-16-29(17-6-1)34-25-15-26-35(30-18-7-2-8-19-30)38(34)37-28-31-20-13-14-27-36(31)39(32-21-9-3-10-22-32)33-23-11-4-12-24-33/h1-14,16-24,27-28,34-35H,15,25-26H2/b37-28+/t34-,35-/m0/s1. The second-order valence-electron chi connectivity index (χ2n) is 9.97. The van der Waals surface area contributed by atoms with Crippen molar-refractivity contribution < 1.29 is 0 Å². The van der Waals surface area contributed by atoms with Gasteiger partial charge in [-0.1, -0.05) is 146 Å². The number of benzene rings is 5. The van der Waals surface area contributed by atoms with E-state index in [9.17, 15) is 0 Å². The van der Waals surface area contributed by atoms with Gasteiger partial charge in [-0.3, -0.25) is 5.01 Å². The van der Waals surface area contributed by atoms with Crippen molar-refractivity contribution in [2.45, 2.75) is 31.3 Å². The molecule has 2 atom stereocenters. The summed E-state index contributed by atoms with van der Waals surface area (Å²) < 4.78 is 0. The summed E-state index contributed by atoms with van der Waals surface area (Å²) in [6, 6.07) is 52.9. The smallest absolute Gasteiger partial charge is 0.0727 e. The maximum atomic E-state index is 5.32. The van der Waals surface area contributed by atoms with E-state index in [2.05, 4.69) is 157 Å². The number of hydrazone groups is 1. The van der Waals surface area contributed by atoms with E-state index < -0.39 is 7.92 Å². The van der Waals surface area contributed by atoms with Crippen molar-refractivity contribution in [2.24, 2.45) is 5.10 Å². The van der Waals surface area contributed by atoms with Gasteiger partial charge in [0.25, 0.3) is 0 Å². The van der Waals surface area contributed by atoms with Gasteiger partial charge in [-0.15, -0.1) is 0 Å². The Morgan fingerprint density at radius 2 is 0.974 bits per heavy atom. The van der Waals surface area contributed by atoms with Gasteiger partial charge in [-0.2, -0.15) is 5.10 Å². The van der Waals surface area contributed by atoms with E-state index in [-0.39, 0.29) is 12.1 Å². The zero-order valence-corrected chi connectivity index (χ0v) is 22.9. The molecule has 0 radical (unpaired) electrons. The molecule has 192 valence electrons. The van der Waals surface area contributed by atoms with Crippen LogP contribution in [-0.4, -0.2) is 11.2 Å². The Hall–Kier alpha value is -4.00. The highest BCUT2D eigenvalue weighted by Gasteiger charge is 2.31. The van der Waals surface area contributed by atoms with E-state index >= 15 is 0 Å². The molecule has 5 aromatic rings. The van der Waals surface area contributed by atoms with Gasteiger partial charge in [0.05, 0.1) is 18.3 Å². The highest BCUT2D eigenvalue weighted by Crippen LogP contribution is 2.42. The minimum Gasteiger partial charge on any atom is -0.282 e. The molecule has 0 unspecified atom stereocenters. The average Bonchev–Trinajstić information content (AvgIpc) is 3.02. The molecule has 2 nitrogen and oxygen atoms in total. The van der Waals surface area contributed by atoms with Gasteiger partial charge in [0, 0.05) is 5.56 Å². The number of nitrogens with zero attached hydrogens (tertiary/aromatic N) is 2. The van der Waals surface area contributed by atoms with Crippen molar-refractivity contribution in [3.8, 4) is 0 Å². The molecule has 3 heteroatoms. The predicted molar refractivity (Wildman–Crippen MR) is 167 cm³/mol. The lowest BCUT2D eigenvalue weighted by atomic mass is 9.89. The van der Waals surface area contributed by atoms with Crippen LogP contribution in [0.1, 0.15) is 48.0 Å². The van der Waals surface area contributed by atoms with Gasteiger partial charge in [0.1, 0.15) is 0 Å². The third kappa shape index (κ3) is 5.72. The number of hydrogen-bond acceptors (Lipinski definition) is 2. The first-order valence-corrected chi connectivity index (χ1v) is 15.1. The van der Waals surface area contributed by atoms with E-state index in [1.165, 1.54) is 39.0 Å². The van der Waals surface area contributed by atoms with E-state index in [1.54, 1.807) is 0 Å². The van der Waals surface area contributed by atoms with Crippen LogP contribution in [0.15, 0.2) is 151 Å². The van der Waals surface area contributed by atoms with Crippen LogP contribution < -0.4 is 15.9 Å². The molecule has 1 fully saturated rings. The van der Waals surface area contributed by atoms with E-state index in [1.807, 2.05) is 0 Å². The molecule has 1 saturated heterocycles. The lowest BCUT2D eigenvalue weighted by molar-refractivity contribution is 0.0870. The Morgan fingerprint density at radius 1 is 0.538 bits per heavy atom. The highest BCUT2D eigenvalue weighted by atomic mass is 31.1. The molecule has 5 aromatic carbocycles. The van der Waals surface area contributed by atoms with Gasteiger partial charge in [0.15, 0.2) is 0 Å². The van der Waals surface area contributed by atoms with E-state index in [0.717, 1.165) is 12.8 Å². The van der Waals surface area contributed by atoms with Crippen molar-refractivity contribution in [3.05, 3.63) is 162 Å². The van der Waals surface area contributed by atoms with Crippen molar-refractivity contribution in [3.63, 3.8) is 0 Å². The number of rotatable bonds is 7. The summed E-state index contributed by atoms with van der Waals surface area (Å²) in [6.07, 6.45) is 5.52. The van der Waals surface area contributed by atoms with Crippen LogP contribution in [0.3, 0.4) is 0 Å². The molecular formula is C36H33N2P. The van der Waals surface area contributed by atoms with Crippen LogP contribution in [0.4, 0.5) is 0 Å². The summed E-state index contributed by atoms with van der Waals surface area (Å²) in [5.41, 5.74) is 3.85. The van der Waals surface area contributed by atoms with E-state index in [4.69, 9.17) is 5.10 Å². The molecule has 0 bridgehead atoms. The third-order valence-electron chi connectivity index (χ3n) is 7.50. The minimum absolute atomic E-state index is 0.248. The highest BCUT2D eigenvalue weighted by molar-refractivity contribution is 7.80.